The van der Waals surface area contributed by atoms with E-state index in [1.165, 1.54) is 0 Å². The Morgan fingerprint density at radius 1 is 1.23 bits per heavy atom. The van der Waals surface area contributed by atoms with Crippen LogP contribution in [-0.2, 0) is 19.2 Å². The summed E-state index contributed by atoms with van der Waals surface area (Å²) in [5.41, 5.74) is 0.512. The number of hydrogen-bond donors (Lipinski definition) is 2. The fourth-order valence-electron chi connectivity index (χ4n) is 3.85. The molecule has 0 bridgehead atoms. The third-order valence-corrected chi connectivity index (χ3v) is 5.55. The maximum absolute atomic E-state index is 13.1. The highest BCUT2D eigenvalue weighted by Crippen LogP contribution is 2.22. The third kappa shape index (κ3) is 7.15. The predicted octanol–water partition coefficient (Wildman–Crippen LogP) is 1.46. The standard InChI is InChI=1S/C22H38N4O4/c1-7-9-17(5)24-21(29)18-10-8-11-26(18)22(30)16(4)12-19(15(2)3)25(6)20(28)13-23-14-27/h12,14-15,17-19H,7-11,13H2,1-6H3,(H,23,27)(H,24,29)/b16-12+/t17?,18-,19?/m0/s1. The van der Waals surface area contributed by atoms with Gasteiger partial charge in [0, 0.05) is 25.2 Å². The molecule has 2 N–H and O–H groups in total. The molecule has 4 amide bonds. The second-order valence-corrected chi connectivity index (χ2v) is 8.44. The van der Waals surface area contributed by atoms with E-state index in [9.17, 15) is 19.2 Å². The van der Waals surface area contributed by atoms with Crippen molar-refractivity contribution in [2.45, 2.75) is 78.4 Å². The SMILES string of the molecule is CCCC(C)NC(=O)[C@@H]1CCCN1C(=O)/C(C)=C/C(C(C)C)N(C)C(=O)CNC=O. The highest BCUT2D eigenvalue weighted by Gasteiger charge is 2.35. The van der Waals surface area contributed by atoms with Crippen molar-refractivity contribution in [3.63, 3.8) is 0 Å². The van der Waals surface area contributed by atoms with Crippen LogP contribution in [0.2, 0.25) is 0 Å². The van der Waals surface area contributed by atoms with E-state index in [1.807, 2.05) is 20.8 Å². The Labute approximate surface area is 180 Å². The zero-order chi connectivity index (χ0) is 22.8. The minimum Gasteiger partial charge on any atom is -0.352 e. The number of carbonyl (C=O) groups excluding carboxylic acids is 4. The fourth-order valence-corrected chi connectivity index (χ4v) is 3.85. The monoisotopic (exact) mass is 422 g/mol. The molecule has 0 spiro atoms. The molecule has 8 heteroatoms. The quantitative estimate of drug-likeness (QED) is 0.389. The average Bonchev–Trinajstić information content (AvgIpc) is 3.18. The smallest absolute Gasteiger partial charge is 0.249 e. The molecule has 0 aliphatic carbocycles. The number of nitrogens with zero attached hydrogens (tertiary/aromatic N) is 2. The van der Waals surface area contributed by atoms with E-state index < -0.39 is 6.04 Å². The predicted molar refractivity (Wildman–Crippen MR) is 116 cm³/mol. The van der Waals surface area contributed by atoms with Crippen LogP contribution in [-0.4, -0.2) is 72.2 Å². The van der Waals surface area contributed by atoms with Crippen LogP contribution in [0, 0.1) is 5.92 Å². The first kappa shape index (κ1) is 25.7. The number of likely N-dealkylation sites (N-methyl/N-ethyl adjacent to an activating group) is 1. The van der Waals surface area contributed by atoms with Gasteiger partial charge in [-0.05, 0) is 39.0 Å². The highest BCUT2D eigenvalue weighted by molar-refractivity contribution is 5.97. The molecule has 0 aromatic carbocycles. The molecular weight excluding hydrogens is 384 g/mol. The van der Waals surface area contributed by atoms with Crippen molar-refractivity contribution in [3.8, 4) is 0 Å². The van der Waals surface area contributed by atoms with Crippen LogP contribution < -0.4 is 10.6 Å². The van der Waals surface area contributed by atoms with Gasteiger partial charge in [-0.2, -0.15) is 0 Å². The van der Waals surface area contributed by atoms with Gasteiger partial charge in [0.25, 0.3) is 0 Å². The summed E-state index contributed by atoms with van der Waals surface area (Å²) >= 11 is 0. The Morgan fingerprint density at radius 2 is 1.90 bits per heavy atom. The largest absolute Gasteiger partial charge is 0.352 e. The second kappa shape index (κ2) is 12.3. The van der Waals surface area contributed by atoms with E-state index in [2.05, 4.69) is 17.6 Å². The third-order valence-electron chi connectivity index (χ3n) is 5.55. The van der Waals surface area contributed by atoms with Crippen molar-refractivity contribution in [2.24, 2.45) is 5.92 Å². The van der Waals surface area contributed by atoms with Crippen LogP contribution in [0.15, 0.2) is 11.6 Å². The van der Waals surface area contributed by atoms with Gasteiger partial charge in [-0.3, -0.25) is 19.2 Å². The van der Waals surface area contributed by atoms with Crippen molar-refractivity contribution < 1.29 is 19.2 Å². The van der Waals surface area contributed by atoms with E-state index in [-0.39, 0.29) is 42.3 Å². The summed E-state index contributed by atoms with van der Waals surface area (Å²) in [6.45, 7) is 10.2. The van der Waals surface area contributed by atoms with Gasteiger partial charge in [0.1, 0.15) is 6.04 Å². The molecule has 2 unspecified atom stereocenters. The lowest BCUT2D eigenvalue weighted by Gasteiger charge is -2.30. The molecule has 30 heavy (non-hydrogen) atoms. The maximum atomic E-state index is 13.1. The summed E-state index contributed by atoms with van der Waals surface area (Å²) in [7, 11) is 1.66. The van der Waals surface area contributed by atoms with Gasteiger partial charge in [0.2, 0.25) is 24.1 Å². The minimum atomic E-state index is -0.450. The van der Waals surface area contributed by atoms with Crippen LogP contribution in [0.5, 0.6) is 0 Å². The molecule has 1 saturated heterocycles. The molecule has 1 heterocycles. The average molecular weight is 423 g/mol. The lowest BCUT2D eigenvalue weighted by Crippen LogP contribution is -2.48. The molecule has 1 fully saturated rings. The number of carbonyl (C=O) groups is 4. The van der Waals surface area contributed by atoms with Crippen LogP contribution in [0.4, 0.5) is 0 Å². The fraction of sp³-hybridized carbons (Fsp3) is 0.727. The molecule has 8 nitrogen and oxygen atoms in total. The van der Waals surface area contributed by atoms with E-state index in [0.29, 0.717) is 24.9 Å². The molecule has 0 aromatic heterocycles. The molecule has 0 radical (unpaired) electrons. The van der Waals surface area contributed by atoms with Crippen molar-refractivity contribution in [1.29, 1.82) is 0 Å². The summed E-state index contributed by atoms with van der Waals surface area (Å²) in [5.74, 6) is -0.429. The lowest BCUT2D eigenvalue weighted by molar-refractivity contribution is -0.136. The number of nitrogens with one attached hydrogen (secondary N) is 2. The van der Waals surface area contributed by atoms with Gasteiger partial charge in [0.15, 0.2) is 0 Å². The van der Waals surface area contributed by atoms with E-state index >= 15 is 0 Å². The van der Waals surface area contributed by atoms with Crippen LogP contribution in [0.25, 0.3) is 0 Å². The number of rotatable bonds is 11. The van der Waals surface area contributed by atoms with Crippen LogP contribution in [0.3, 0.4) is 0 Å². The van der Waals surface area contributed by atoms with Crippen molar-refractivity contribution >= 4 is 24.1 Å². The summed E-state index contributed by atoms with van der Waals surface area (Å²) in [6, 6.07) is -0.662. The molecule has 1 aliphatic heterocycles. The molecule has 170 valence electrons. The Kier molecular flexibility index (Phi) is 10.6. The Hall–Kier alpha value is -2.38. The second-order valence-electron chi connectivity index (χ2n) is 8.44. The molecule has 1 rings (SSSR count). The zero-order valence-corrected chi connectivity index (χ0v) is 19.2. The van der Waals surface area contributed by atoms with Crippen molar-refractivity contribution in [2.75, 3.05) is 20.1 Å². The van der Waals surface area contributed by atoms with Gasteiger partial charge in [-0.25, -0.2) is 0 Å². The molecule has 0 saturated carbocycles. The van der Waals surface area contributed by atoms with E-state index in [1.54, 1.807) is 29.8 Å². The Bertz CT molecular complexity index is 647. The van der Waals surface area contributed by atoms with E-state index in [0.717, 1.165) is 19.3 Å². The first-order chi connectivity index (χ1) is 14.1. The first-order valence-electron chi connectivity index (χ1n) is 10.9. The maximum Gasteiger partial charge on any atom is 0.249 e. The number of hydrogen-bond acceptors (Lipinski definition) is 4. The topological polar surface area (TPSA) is 98.8 Å². The molecule has 0 aromatic rings. The summed E-state index contributed by atoms with van der Waals surface area (Å²) < 4.78 is 0. The highest BCUT2D eigenvalue weighted by atomic mass is 16.2. The lowest BCUT2D eigenvalue weighted by atomic mass is 9.99. The first-order valence-corrected chi connectivity index (χ1v) is 10.9. The number of likely N-dealkylation sites (tertiary alicyclic amines) is 1. The Balaban J connectivity index is 2.92. The molecule has 1 aliphatic rings. The Morgan fingerprint density at radius 3 is 2.47 bits per heavy atom. The van der Waals surface area contributed by atoms with E-state index in [4.69, 9.17) is 0 Å². The summed E-state index contributed by atoms with van der Waals surface area (Å²) in [5, 5.41) is 5.39. The van der Waals surface area contributed by atoms with Gasteiger partial charge in [0.05, 0.1) is 12.6 Å². The summed E-state index contributed by atoms with van der Waals surface area (Å²) in [6.07, 6.45) is 5.62. The molecular formula is C22H38N4O4. The van der Waals surface area contributed by atoms with Crippen LogP contribution >= 0.6 is 0 Å². The molecule has 3 atom stereocenters. The zero-order valence-electron chi connectivity index (χ0n) is 19.2. The van der Waals surface area contributed by atoms with Gasteiger partial charge < -0.3 is 20.4 Å². The van der Waals surface area contributed by atoms with Gasteiger partial charge in [-0.15, -0.1) is 0 Å². The van der Waals surface area contributed by atoms with Gasteiger partial charge in [-0.1, -0.05) is 33.3 Å². The number of amides is 4. The normalized spacial score (nSPS) is 18.7. The van der Waals surface area contributed by atoms with Crippen molar-refractivity contribution in [1.82, 2.24) is 20.4 Å². The summed E-state index contributed by atoms with van der Waals surface area (Å²) in [4.78, 5) is 51.7. The van der Waals surface area contributed by atoms with Crippen LogP contribution in [0.1, 0.15) is 60.3 Å². The van der Waals surface area contributed by atoms with Crippen molar-refractivity contribution in [3.05, 3.63) is 11.6 Å². The minimum absolute atomic E-state index is 0.0745. The van der Waals surface area contributed by atoms with Gasteiger partial charge >= 0.3 is 0 Å².